The van der Waals surface area contributed by atoms with Crippen LogP contribution >= 0.6 is 11.6 Å². The maximum absolute atomic E-state index is 13.3. The van der Waals surface area contributed by atoms with Crippen LogP contribution in [0.15, 0.2) is 36.4 Å². The molecule has 2 nitrogen and oxygen atoms in total. The monoisotopic (exact) mass is 293 g/mol. The number of benzene rings is 2. The number of ether oxygens (including phenoxy) is 1. The zero-order chi connectivity index (χ0) is 14.7. The highest BCUT2D eigenvalue weighted by molar-refractivity contribution is 6.30. The van der Waals surface area contributed by atoms with Crippen molar-refractivity contribution in [3.63, 3.8) is 0 Å². The fourth-order valence-corrected chi connectivity index (χ4v) is 2.15. The molecule has 106 valence electrons. The third-order valence-electron chi connectivity index (χ3n) is 2.93. The van der Waals surface area contributed by atoms with Gasteiger partial charge >= 0.3 is 0 Å². The summed E-state index contributed by atoms with van der Waals surface area (Å²) in [4.78, 5) is 0. The molecular weight excluding hydrogens is 277 g/mol. The first-order chi connectivity index (χ1) is 9.45. The molecule has 0 saturated heterocycles. The van der Waals surface area contributed by atoms with Gasteiger partial charge in [-0.25, -0.2) is 4.39 Å². The normalized spacial score (nSPS) is 12.2. The summed E-state index contributed by atoms with van der Waals surface area (Å²) in [7, 11) is 0. The van der Waals surface area contributed by atoms with Gasteiger partial charge in [-0.15, -0.1) is 0 Å². The molecule has 0 radical (unpaired) electrons. The molecule has 0 aliphatic rings. The molecular formula is C16H17ClFNO. The van der Waals surface area contributed by atoms with Crippen molar-refractivity contribution >= 4 is 11.6 Å². The summed E-state index contributed by atoms with van der Waals surface area (Å²) in [6.45, 7) is 3.79. The van der Waals surface area contributed by atoms with Crippen LogP contribution in [-0.2, 0) is 6.42 Å². The van der Waals surface area contributed by atoms with Crippen LogP contribution in [0.5, 0.6) is 11.5 Å². The number of hydrogen-bond acceptors (Lipinski definition) is 2. The van der Waals surface area contributed by atoms with Crippen LogP contribution in [0.2, 0.25) is 5.02 Å². The van der Waals surface area contributed by atoms with Gasteiger partial charge in [-0.2, -0.15) is 0 Å². The lowest BCUT2D eigenvalue weighted by molar-refractivity contribution is 0.465. The van der Waals surface area contributed by atoms with Crippen molar-refractivity contribution in [2.75, 3.05) is 0 Å². The standard InChI is InChI=1S/C16H17ClFNO/c1-10-3-5-14(18)9-16(10)20-15-6-4-13(17)8-12(15)7-11(2)19/h3-6,8-9,11H,7,19H2,1-2H3. The molecule has 2 aromatic rings. The largest absolute Gasteiger partial charge is 0.457 e. The van der Waals surface area contributed by atoms with Crippen LogP contribution in [-0.4, -0.2) is 6.04 Å². The lowest BCUT2D eigenvalue weighted by Gasteiger charge is -2.14. The zero-order valence-corrected chi connectivity index (χ0v) is 12.2. The molecule has 0 spiro atoms. The fourth-order valence-electron chi connectivity index (χ4n) is 1.96. The summed E-state index contributed by atoms with van der Waals surface area (Å²) < 4.78 is 19.1. The lowest BCUT2D eigenvalue weighted by Crippen LogP contribution is -2.18. The van der Waals surface area contributed by atoms with Gasteiger partial charge in [0.05, 0.1) is 0 Å². The van der Waals surface area contributed by atoms with Crippen molar-refractivity contribution in [2.45, 2.75) is 26.3 Å². The van der Waals surface area contributed by atoms with Gasteiger partial charge in [0, 0.05) is 17.1 Å². The van der Waals surface area contributed by atoms with E-state index in [4.69, 9.17) is 22.1 Å². The molecule has 0 heterocycles. The minimum Gasteiger partial charge on any atom is -0.457 e. The average Bonchev–Trinajstić information content (AvgIpc) is 2.36. The van der Waals surface area contributed by atoms with E-state index in [9.17, 15) is 4.39 Å². The first kappa shape index (κ1) is 14.8. The summed E-state index contributed by atoms with van der Waals surface area (Å²) in [5.41, 5.74) is 7.61. The number of aryl methyl sites for hydroxylation is 1. The van der Waals surface area contributed by atoms with E-state index in [2.05, 4.69) is 0 Å². The van der Waals surface area contributed by atoms with Crippen molar-refractivity contribution in [3.8, 4) is 11.5 Å². The Labute approximate surface area is 123 Å². The molecule has 1 atom stereocenters. The molecule has 0 saturated carbocycles. The van der Waals surface area contributed by atoms with E-state index in [1.165, 1.54) is 12.1 Å². The number of nitrogens with two attached hydrogens (primary N) is 1. The minimum absolute atomic E-state index is 0.00979. The van der Waals surface area contributed by atoms with Crippen LogP contribution in [0.3, 0.4) is 0 Å². The van der Waals surface area contributed by atoms with E-state index < -0.39 is 0 Å². The SMILES string of the molecule is Cc1ccc(F)cc1Oc1ccc(Cl)cc1CC(C)N. The Morgan fingerprint density at radius 3 is 2.65 bits per heavy atom. The Hall–Kier alpha value is -1.58. The van der Waals surface area contributed by atoms with Gasteiger partial charge in [-0.3, -0.25) is 0 Å². The van der Waals surface area contributed by atoms with Crippen molar-refractivity contribution in [3.05, 3.63) is 58.4 Å². The predicted octanol–water partition coefficient (Wildman–Crippen LogP) is 4.47. The molecule has 2 N–H and O–H groups in total. The van der Waals surface area contributed by atoms with Gasteiger partial charge in [-0.1, -0.05) is 17.7 Å². The number of rotatable bonds is 4. The van der Waals surface area contributed by atoms with Gasteiger partial charge < -0.3 is 10.5 Å². The summed E-state index contributed by atoms with van der Waals surface area (Å²) in [5, 5.41) is 0.629. The second-order valence-electron chi connectivity index (χ2n) is 4.95. The van der Waals surface area contributed by atoms with Gasteiger partial charge in [0.25, 0.3) is 0 Å². The Balaban J connectivity index is 2.35. The smallest absolute Gasteiger partial charge is 0.133 e. The van der Waals surface area contributed by atoms with Crippen molar-refractivity contribution in [1.29, 1.82) is 0 Å². The molecule has 1 unspecified atom stereocenters. The summed E-state index contributed by atoms with van der Waals surface area (Å²) in [5.74, 6) is 0.826. The topological polar surface area (TPSA) is 35.2 Å². The van der Waals surface area contributed by atoms with Crippen molar-refractivity contribution in [1.82, 2.24) is 0 Å². The molecule has 0 fully saturated rings. The maximum atomic E-state index is 13.3. The van der Waals surface area contributed by atoms with Gasteiger partial charge in [0.15, 0.2) is 0 Å². The van der Waals surface area contributed by atoms with Crippen LogP contribution in [0, 0.1) is 12.7 Å². The second kappa shape index (κ2) is 6.25. The van der Waals surface area contributed by atoms with E-state index in [1.54, 1.807) is 18.2 Å². The number of halogens is 2. The quantitative estimate of drug-likeness (QED) is 0.902. The van der Waals surface area contributed by atoms with Gasteiger partial charge in [0.1, 0.15) is 17.3 Å². The zero-order valence-electron chi connectivity index (χ0n) is 11.5. The highest BCUT2D eigenvalue weighted by Gasteiger charge is 2.10. The molecule has 4 heteroatoms. The lowest BCUT2D eigenvalue weighted by atomic mass is 10.1. The van der Waals surface area contributed by atoms with E-state index >= 15 is 0 Å². The third kappa shape index (κ3) is 3.71. The first-order valence-corrected chi connectivity index (χ1v) is 6.81. The van der Waals surface area contributed by atoms with Crippen LogP contribution < -0.4 is 10.5 Å². The summed E-state index contributed by atoms with van der Waals surface area (Å²) >= 11 is 6.00. The number of hydrogen-bond donors (Lipinski definition) is 1. The molecule has 2 aromatic carbocycles. The Bertz CT molecular complexity index is 613. The minimum atomic E-state index is -0.326. The Kier molecular flexibility index (Phi) is 4.63. The van der Waals surface area contributed by atoms with Gasteiger partial charge in [-0.05, 0) is 55.7 Å². The fraction of sp³-hybridized carbons (Fsp3) is 0.250. The van der Waals surface area contributed by atoms with Gasteiger partial charge in [0.2, 0.25) is 0 Å². The molecule has 0 aliphatic carbocycles. The third-order valence-corrected chi connectivity index (χ3v) is 3.17. The molecule has 0 bridgehead atoms. The van der Waals surface area contributed by atoms with Crippen LogP contribution in [0.25, 0.3) is 0 Å². The van der Waals surface area contributed by atoms with E-state index in [0.29, 0.717) is 22.9 Å². The Morgan fingerprint density at radius 1 is 1.20 bits per heavy atom. The highest BCUT2D eigenvalue weighted by Crippen LogP contribution is 2.31. The van der Waals surface area contributed by atoms with E-state index in [0.717, 1.165) is 11.1 Å². The van der Waals surface area contributed by atoms with Crippen LogP contribution in [0.4, 0.5) is 4.39 Å². The van der Waals surface area contributed by atoms with Crippen molar-refractivity contribution in [2.24, 2.45) is 5.73 Å². The van der Waals surface area contributed by atoms with Crippen LogP contribution in [0.1, 0.15) is 18.1 Å². The second-order valence-corrected chi connectivity index (χ2v) is 5.38. The molecule has 20 heavy (non-hydrogen) atoms. The molecule has 0 aromatic heterocycles. The molecule has 0 amide bonds. The predicted molar refractivity (Wildman–Crippen MR) is 80.0 cm³/mol. The molecule has 2 rings (SSSR count). The van der Waals surface area contributed by atoms with E-state index in [-0.39, 0.29) is 11.9 Å². The summed E-state index contributed by atoms with van der Waals surface area (Å²) in [6.07, 6.45) is 0.643. The first-order valence-electron chi connectivity index (χ1n) is 6.43. The average molecular weight is 294 g/mol. The maximum Gasteiger partial charge on any atom is 0.133 e. The Morgan fingerprint density at radius 2 is 1.95 bits per heavy atom. The van der Waals surface area contributed by atoms with E-state index in [1.807, 2.05) is 19.9 Å². The van der Waals surface area contributed by atoms with Crippen molar-refractivity contribution < 1.29 is 9.13 Å². The summed E-state index contributed by atoms with van der Waals surface area (Å²) in [6, 6.07) is 9.82. The highest BCUT2D eigenvalue weighted by atomic mass is 35.5. The molecule has 0 aliphatic heterocycles.